The van der Waals surface area contributed by atoms with Crippen LogP contribution in [0.5, 0.6) is 0 Å². The fourth-order valence-electron chi connectivity index (χ4n) is 3.39. The first-order valence-corrected chi connectivity index (χ1v) is 9.60. The van der Waals surface area contributed by atoms with Gasteiger partial charge >= 0.3 is 0 Å². The summed E-state index contributed by atoms with van der Waals surface area (Å²) in [6, 6.07) is 12.7. The molecule has 1 aliphatic carbocycles. The molecular weight excluding hydrogens is 330 g/mol. The van der Waals surface area contributed by atoms with Gasteiger partial charge in [0, 0.05) is 17.8 Å². The lowest BCUT2D eigenvalue weighted by Gasteiger charge is -2.15. The molecule has 2 aromatic heterocycles. The van der Waals surface area contributed by atoms with Crippen LogP contribution in [-0.4, -0.2) is 15.4 Å². The van der Waals surface area contributed by atoms with Gasteiger partial charge in [-0.1, -0.05) is 56.5 Å². The summed E-state index contributed by atoms with van der Waals surface area (Å²) in [4.78, 5) is 4.86. The first-order chi connectivity index (χ1) is 12.2. The van der Waals surface area contributed by atoms with Crippen molar-refractivity contribution in [3.63, 3.8) is 0 Å². The molecule has 1 fully saturated rings. The Labute approximate surface area is 155 Å². The molecule has 0 bridgehead atoms. The molecule has 1 aromatic carbocycles. The van der Waals surface area contributed by atoms with Gasteiger partial charge in [0.1, 0.15) is 17.2 Å². The van der Waals surface area contributed by atoms with E-state index in [1.54, 1.807) is 0 Å². The number of pyridine rings is 1. The minimum atomic E-state index is 0.525. The third-order valence-corrected chi connectivity index (χ3v) is 4.94. The molecule has 0 atom stereocenters. The van der Waals surface area contributed by atoms with Crippen molar-refractivity contribution >= 4 is 23.1 Å². The highest BCUT2D eigenvalue weighted by molar-refractivity contribution is 6.33. The highest BCUT2D eigenvalue weighted by atomic mass is 35.5. The monoisotopic (exact) mass is 355 g/mol. The van der Waals surface area contributed by atoms with E-state index in [9.17, 15) is 0 Å². The fraction of sp³-hybridized carbons (Fsp3) is 0.381. The standard InChI is InChI=1S/C19H20ClN3.C2H6/c1-13-10-11-23-17(12-13)22-18(15-8-4-5-9-16(15)20)19(23)21-14-6-2-3-7-14;1-2/h4-5,8-12,14,21H,2-3,6-7H2,1H3;1-2H3. The molecule has 3 aromatic rings. The highest BCUT2D eigenvalue weighted by Gasteiger charge is 2.21. The van der Waals surface area contributed by atoms with Gasteiger partial charge in [-0.2, -0.15) is 0 Å². The molecule has 4 heteroatoms. The van der Waals surface area contributed by atoms with E-state index in [4.69, 9.17) is 16.6 Å². The van der Waals surface area contributed by atoms with Gasteiger partial charge in [0.25, 0.3) is 0 Å². The Bertz CT molecular complexity index is 847. The maximum absolute atomic E-state index is 6.43. The number of aryl methyl sites for hydroxylation is 1. The number of halogens is 1. The normalized spacial score (nSPS) is 14.4. The Morgan fingerprint density at radius 1 is 1.12 bits per heavy atom. The lowest BCUT2D eigenvalue weighted by atomic mass is 10.1. The second-order valence-electron chi connectivity index (χ2n) is 6.35. The summed E-state index contributed by atoms with van der Waals surface area (Å²) in [5.74, 6) is 1.06. The second-order valence-corrected chi connectivity index (χ2v) is 6.75. The molecule has 0 saturated heterocycles. The van der Waals surface area contributed by atoms with Gasteiger partial charge in [-0.05, 0) is 43.5 Å². The van der Waals surface area contributed by atoms with E-state index in [1.165, 1.54) is 31.2 Å². The van der Waals surface area contributed by atoms with E-state index >= 15 is 0 Å². The molecular formula is C21H26ClN3. The summed E-state index contributed by atoms with van der Waals surface area (Å²) in [6.45, 7) is 6.09. The zero-order chi connectivity index (χ0) is 17.8. The van der Waals surface area contributed by atoms with Gasteiger partial charge in [0.15, 0.2) is 0 Å². The highest BCUT2D eigenvalue weighted by Crippen LogP contribution is 2.35. The predicted molar refractivity (Wildman–Crippen MR) is 108 cm³/mol. The molecule has 132 valence electrons. The largest absolute Gasteiger partial charge is 0.367 e. The maximum Gasteiger partial charge on any atom is 0.139 e. The summed E-state index contributed by atoms with van der Waals surface area (Å²) in [7, 11) is 0. The molecule has 1 aliphatic rings. The van der Waals surface area contributed by atoms with Crippen LogP contribution in [0.25, 0.3) is 16.9 Å². The van der Waals surface area contributed by atoms with Gasteiger partial charge in [0.05, 0.1) is 5.02 Å². The average Bonchev–Trinajstić information content (AvgIpc) is 3.26. The average molecular weight is 356 g/mol. The molecule has 1 N–H and O–H groups in total. The molecule has 2 heterocycles. The summed E-state index contributed by atoms with van der Waals surface area (Å²) < 4.78 is 2.14. The first-order valence-electron chi connectivity index (χ1n) is 9.22. The lowest BCUT2D eigenvalue weighted by Crippen LogP contribution is -2.16. The van der Waals surface area contributed by atoms with Crippen molar-refractivity contribution in [3.8, 4) is 11.3 Å². The fourth-order valence-corrected chi connectivity index (χ4v) is 3.61. The van der Waals surface area contributed by atoms with Crippen molar-refractivity contribution in [3.05, 3.63) is 53.2 Å². The first kappa shape index (κ1) is 17.8. The van der Waals surface area contributed by atoms with E-state index in [1.807, 2.05) is 38.1 Å². The van der Waals surface area contributed by atoms with Crippen LogP contribution in [0.15, 0.2) is 42.6 Å². The number of rotatable bonds is 3. The van der Waals surface area contributed by atoms with Crippen molar-refractivity contribution in [2.24, 2.45) is 0 Å². The van der Waals surface area contributed by atoms with E-state index in [-0.39, 0.29) is 0 Å². The summed E-state index contributed by atoms with van der Waals surface area (Å²) in [6.07, 6.45) is 7.14. The summed E-state index contributed by atoms with van der Waals surface area (Å²) in [5.41, 5.74) is 4.09. The van der Waals surface area contributed by atoms with Crippen LogP contribution in [0.1, 0.15) is 45.1 Å². The number of aromatic nitrogens is 2. The molecule has 0 spiro atoms. The van der Waals surface area contributed by atoms with Crippen LogP contribution in [-0.2, 0) is 0 Å². The molecule has 0 aliphatic heterocycles. The van der Waals surface area contributed by atoms with Crippen molar-refractivity contribution in [2.75, 3.05) is 5.32 Å². The van der Waals surface area contributed by atoms with Crippen LogP contribution in [0, 0.1) is 6.92 Å². The number of anilines is 1. The Kier molecular flexibility index (Phi) is 5.64. The van der Waals surface area contributed by atoms with Crippen LogP contribution in [0.3, 0.4) is 0 Å². The smallest absolute Gasteiger partial charge is 0.139 e. The number of hydrogen-bond donors (Lipinski definition) is 1. The van der Waals surface area contributed by atoms with E-state index < -0.39 is 0 Å². The molecule has 1 saturated carbocycles. The SMILES string of the molecule is CC.Cc1ccn2c(NC3CCCC3)c(-c3ccccc3Cl)nc2c1. The molecule has 25 heavy (non-hydrogen) atoms. The number of fused-ring (bicyclic) bond motifs is 1. The molecule has 3 nitrogen and oxygen atoms in total. The molecule has 4 rings (SSSR count). The number of hydrogen-bond acceptors (Lipinski definition) is 2. The zero-order valence-corrected chi connectivity index (χ0v) is 16.0. The van der Waals surface area contributed by atoms with Crippen molar-refractivity contribution in [2.45, 2.75) is 52.5 Å². The Morgan fingerprint density at radius 2 is 1.84 bits per heavy atom. The Morgan fingerprint density at radius 3 is 2.56 bits per heavy atom. The van der Waals surface area contributed by atoms with Crippen LogP contribution in [0.2, 0.25) is 5.02 Å². The van der Waals surface area contributed by atoms with Gasteiger partial charge < -0.3 is 5.32 Å². The van der Waals surface area contributed by atoms with E-state index in [0.29, 0.717) is 6.04 Å². The number of nitrogens with zero attached hydrogens (tertiary/aromatic N) is 2. The van der Waals surface area contributed by atoms with Gasteiger partial charge in [-0.3, -0.25) is 4.40 Å². The van der Waals surface area contributed by atoms with Gasteiger partial charge in [-0.25, -0.2) is 4.98 Å². The number of imidazole rings is 1. The molecule has 0 radical (unpaired) electrons. The third-order valence-electron chi connectivity index (χ3n) is 4.61. The van der Waals surface area contributed by atoms with E-state index in [0.717, 1.165) is 27.7 Å². The van der Waals surface area contributed by atoms with Crippen LogP contribution in [0.4, 0.5) is 5.82 Å². The van der Waals surface area contributed by atoms with Crippen molar-refractivity contribution in [1.29, 1.82) is 0 Å². The van der Waals surface area contributed by atoms with Crippen molar-refractivity contribution < 1.29 is 0 Å². The van der Waals surface area contributed by atoms with Crippen LogP contribution < -0.4 is 5.32 Å². The third kappa shape index (κ3) is 3.67. The van der Waals surface area contributed by atoms with Gasteiger partial charge in [-0.15, -0.1) is 0 Å². The van der Waals surface area contributed by atoms with E-state index in [2.05, 4.69) is 35.0 Å². The summed E-state index contributed by atoms with van der Waals surface area (Å²) in [5, 5.41) is 4.46. The van der Waals surface area contributed by atoms with Crippen LogP contribution >= 0.6 is 11.6 Å². The second kappa shape index (κ2) is 7.92. The topological polar surface area (TPSA) is 29.3 Å². The Balaban J connectivity index is 0.000000880. The predicted octanol–water partition coefficient (Wildman–Crippen LogP) is 6.34. The summed E-state index contributed by atoms with van der Waals surface area (Å²) >= 11 is 6.43. The molecule has 0 unspecified atom stereocenters. The quantitative estimate of drug-likeness (QED) is 0.593. The number of benzene rings is 1. The lowest BCUT2D eigenvalue weighted by molar-refractivity contribution is 0.749. The molecule has 0 amide bonds. The minimum absolute atomic E-state index is 0.525. The minimum Gasteiger partial charge on any atom is -0.367 e. The Hall–Kier alpha value is -2.00. The van der Waals surface area contributed by atoms with Crippen molar-refractivity contribution in [1.82, 2.24) is 9.38 Å². The maximum atomic E-state index is 6.43. The zero-order valence-electron chi connectivity index (χ0n) is 15.2. The number of nitrogens with one attached hydrogen (secondary N) is 1. The van der Waals surface area contributed by atoms with Gasteiger partial charge in [0.2, 0.25) is 0 Å².